The van der Waals surface area contributed by atoms with Gasteiger partial charge < -0.3 is 10.8 Å². The molecule has 0 aliphatic carbocycles. The summed E-state index contributed by atoms with van der Waals surface area (Å²) < 4.78 is 50.2. The van der Waals surface area contributed by atoms with Crippen molar-refractivity contribution in [2.24, 2.45) is 5.73 Å². The van der Waals surface area contributed by atoms with Gasteiger partial charge in [0.2, 0.25) is 0 Å². The second kappa shape index (κ2) is 4.62. The van der Waals surface area contributed by atoms with Crippen LogP contribution in [-0.2, 0) is 12.6 Å². The maximum Gasteiger partial charge on any atom is 0.416 e. The molecule has 1 unspecified atom stereocenters. The van der Waals surface area contributed by atoms with E-state index in [-0.39, 0.29) is 18.6 Å². The van der Waals surface area contributed by atoms with Crippen molar-refractivity contribution in [3.63, 3.8) is 0 Å². The second-order valence-corrected chi connectivity index (χ2v) is 4.29. The number of halogens is 4. The van der Waals surface area contributed by atoms with Gasteiger partial charge in [-0.2, -0.15) is 13.2 Å². The van der Waals surface area contributed by atoms with Crippen molar-refractivity contribution in [2.45, 2.75) is 25.1 Å². The second-order valence-electron chi connectivity index (χ2n) is 4.29. The van der Waals surface area contributed by atoms with Crippen LogP contribution in [0.3, 0.4) is 0 Å². The summed E-state index contributed by atoms with van der Waals surface area (Å²) in [4.78, 5) is 0. The number of rotatable bonds is 3. The van der Waals surface area contributed by atoms with Gasteiger partial charge in [0.15, 0.2) is 0 Å². The zero-order valence-corrected chi connectivity index (χ0v) is 9.18. The summed E-state index contributed by atoms with van der Waals surface area (Å²) in [7, 11) is 0. The van der Waals surface area contributed by atoms with Crippen LogP contribution in [0.5, 0.6) is 0 Å². The van der Waals surface area contributed by atoms with Gasteiger partial charge in [-0.3, -0.25) is 0 Å². The van der Waals surface area contributed by atoms with Gasteiger partial charge in [-0.1, -0.05) is 6.07 Å². The zero-order valence-electron chi connectivity index (χ0n) is 9.18. The molecule has 0 radical (unpaired) electrons. The summed E-state index contributed by atoms with van der Waals surface area (Å²) in [5.74, 6) is -0.968. The van der Waals surface area contributed by atoms with E-state index in [0.717, 1.165) is 12.1 Å². The normalized spacial score (nSPS) is 15.7. The van der Waals surface area contributed by atoms with Crippen molar-refractivity contribution in [1.82, 2.24) is 0 Å². The van der Waals surface area contributed by atoms with Crippen LogP contribution in [0.15, 0.2) is 18.2 Å². The van der Waals surface area contributed by atoms with Crippen LogP contribution in [0.2, 0.25) is 0 Å². The molecule has 2 nitrogen and oxygen atoms in total. The van der Waals surface area contributed by atoms with Gasteiger partial charge >= 0.3 is 6.18 Å². The number of alkyl halides is 3. The van der Waals surface area contributed by atoms with Gasteiger partial charge in [-0.05, 0) is 31.0 Å². The van der Waals surface area contributed by atoms with Gasteiger partial charge in [-0.25, -0.2) is 4.39 Å². The smallest absolute Gasteiger partial charge is 0.394 e. The number of hydrogen-bond donors (Lipinski definition) is 2. The number of aliphatic hydroxyl groups is 1. The molecule has 1 rings (SSSR count). The molecule has 0 fully saturated rings. The Morgan fingerprint density at radius 1 is 1.29 bits per heavy atom. The van der Waals surface area contributed by atoms with E-state index >= 15 is 0 Å². The molecule has 96 valence electrons. The molecule has 0 bridgehead atoms. The molecule has 17 heavy (non-hydrogen) atoms. The standard InChI is InChI=1S/C11H13F4NO/c1-10(16,6-17)5-7-2-3-8(4-9(7)12)11(13,14)15/h2-4,17H,5-6,16H2,1H3. The van der Waals surface area contributed by atoms with Crippen LogP contribution in [0.25, 0.3) is 0 Å². The van der Waals surface area contributed by atoms with Crippen molar-refractivity contribution in [3.05, 3.63) is 35.1 Å². The van der Waals surface area contributed by atoms with E-state index in [2.05, 4.69) is 0 Å². The van der Waals surface area contributed by atoms with Crippen molar-refractivity contribution in [2.75, 3.05) is 6.61 Å². The van der Waals surface area contributed by atoms with E-state index < -0.39 is 23.1 Å². The number of nitrogens with two attached hydrogens (primary N) is 1. The highest BCUT2D eigenvalue weighted by atomic mass is 19.4. The molecule has 0 aliphatic heterocycles. The third kappa shape index (κ3) is 3.67. The molecule has 6 heteroatoms. The highest BCUT2D eigenvalue weighted by Crippen LogP contribution is 2.30. The van der Waals surface area contributed by atoms with Gasteiger partial charge in [0.1, 0.15) is 5.82 Å². The minimum absolute atomic E-state index is 0.0343. The Bertz CT molecular complexity index is 401. The Morgan fingerprint density at radius 2 is 1.88 bits per heavy atom. The fraction of sp³-hybridized carbons (Fsp3) is 0.455. The van der Waals surface area contributed by atoms with Gasteiger partial charge in [0.05, 0.1) is 12.2 Å². The first-order chi connectivity index (χ1) is 7.65. The zero-order chi connectivity index (χ0) is 13.3. The lowest BCUT2D eigenvalue weighted by Crippen LogP contribution is -2.42. The molecule has 0 amide bonds. The van der Waals surface area contributed by atoms with E-state index in [1.54, 1.807) is 0 Å². The molecule has 1 atom stereocenters. The summed E-state index contributed by atoms with van der Waals surface area (Å²) in [6.45, 7) is 1.11. The minimum Gasteiger partial charge on any atom is -0.394 e. The fourth-order valence-electron chi connectivity index (χ4n) is 1.36. The van der Waals surface area contributed by atoms with Crippen molar-refractivity contribution in [3.8, 4) is 0 Å². The number of benzene rings is 1. The summed E-state index contributed by atoms with van der Waals surface area (Å²) in [5.41, 5.74) is 3.56. The van der Waals surface area contributed by atoms with Gasteiger partial charge in [0.25, 0.3) is 0 Å². The molecule has 1 aromatic carbocycles. The monoisotopic (exact) mass is 251 g/mol. The average molecular weight is 251 g/mol. The van der Waals surface area contributed by atoms with Gasteiger partial charge in [0, 0.05) is 5.54 Å². The van der Waals surface area contributed by atoms with Crippen molar-refractivity contribution >= 4 is 0 Å². The van der Waals surface area contributed by atoms with E-state index in [4.69, 9.17) is 10.8 Å². The number of aliphatic hydroxyl groups excluding tert-OH is 1. The lowest BCUT2D eigenvalue weighted by atomic mass is 9.94. The average Bonchev–Trinajstić information content (AvgIpc) is 2.19. The third-order valence-electron chi connectivity index (χ3n) is 2.34. The van der Waals surface area contributed by atoms with Crippen LogP contribution in [0.1, 0.15) is 18.1 Å². The summed E-state index contributed by atoms with van der Waals surface area (Å²) in [6, 6.07) is 2.27. The first-order valence-electron chi connectivity index (χ1n) is 4.91. The highest BCUT2D eigenvalue weighted by Gasteiger charge is 2.31. The quantitative estimate of drug-likeness (QED) is 0.808. The molecule has 0 saturated carbocycles. The van der Waals surface area contributed by atoms with Gasteiger partial charge in [-0.15, -0.1) is 0 Å². The molecule has 3 N–H and O–H groups in total. The van der Waals surface area contributed by atoms with Crippen LogP contribution in [0, 0.1) is 5.82 Å². The Morgan fingerprint density at radius 3 is 2.29 bits per heavy atom. The van der Waals surface area contributed by atoms with E-state index in [0.29, 0.717) is 6.07 Å². The summed E-state index contributed by atoms with van der Waals surface area (Å²) >= 11 is 0. The molecular formula is C11H13F4NO. The number of hydrogen-bond acceptors (Lipinski definition) is 2. The summed E-state index contributed by atoms with van der Waals surface area (Å²) in [5, 5.41) is 8.90. The molecule has 1 aromatic rings. The van der Waals surface area contributed by atoms with Crippen LogP contribution in [0.4, 0.5) is 17.6 Å². The topological polar surface area (TPSA) is 46.2 Å². The van der Waals surface area contributed by atoms with E-state index in [1.165, 1.54) is 6.92 Å². The maximum atomic E-state index is 13.4. The third-order valence-corrected chi connectivity index (χ3v) is 2.34. The van der Waals surface area contributed by atoms with Crippen molar-refractivity contribution < 1.29 is 22.7 Å². The van der Waals surface area contributed by atoms with E-state index in [9.17, 15) is 17.6 Å². The predicted molar refractivity (Wildman–Crippen MR) is 54.8 cm³/mol. The fourth-order valence-corrected chi connectivity index (χ4v) is 1.36. The Hall–Kier alpha value is -1.14. The molecular weight excluding hydrogens is 238 g/mol. The maximum absolute atomic E-state index is 13.4. The van der Waals surface area contributed by atoms with Crippen molar-refractivity contribution in [1.29, 1.82) is 0 Å². The Kier molecular flexibility index (Phi) is 3.78. The van der Waals surface area contributed by atoms with E-state index in [1.807, 2.05) is 0 Å². The molecule has 0 aliphatic rings. The first kappa shape index (κ1) is 13.9. The molecule has 0 spiro atoms. The Balaban J connectivity index is 2.99. The molecule has 0 heterocycles. The molecule has 0 aromatic heterocycles. The summed E-state index contributed by atoms with van der Waals surface area (Å²) in [6.07, 6.45) is -4.60. The molecule has 0 saturated heterocycles. The predicted octanol–water partition coefficient (Wildman–Crippen LogP) is 2.10. The highest BCUT2D eigenvalue weighted by molar-refractivity contribution is 5.27. The minimum atomic E-state index is -4.57. The van der Waals surface area contributed by atoms with Crippen LogP contribution in [-0.4, -0.2) is 17.3 Å². The lowest BCUT2D eigenvalue weighted by Gasteiger charge is -2.22. The van der Waals surface area contributed by atoms with Crippen LogP contribution < -0.4 is 5.73 Å². The largest absolute Gasteiger partial charge is 0.416 e. The van der Waals surface area contributed by atoms with Crippen LogP contribution >= 0.6 is 0 Å². The SMILES string of the molecule is CC(N)(CO)Cc1ccc(C(F)(F)F)cc1F. The Labute approximate surface area is 96.1 Å². The lowest BCUT2D eigenvalue weighted by molar-refractivity contribution is -0.137. The first-order valence-corrected chi connectivity index (χ1v) is 4.91.